The van der Waals surface area contributed by atoms with Gasteiger partial charge in [-0.3, -0.25) is 0 Å². The molecular formula is C17H19N3. The second-order valence-corrected chi connectivity index (χ2v) is 5.12. The van der Waals surface area contributed by atoms with Crippen LogP contribution in [0.5, 0.6) is 0 Å². The number of nitrogens with zero attached hydrogens (tertiary/aromatic N) is 1. The Morgan fingerprint density at radius 2 is 1.95 bits per heavy atom. The van der Waals surface area contributed by atoms with Crippen LogP contribution in [0.4, 0.5) is 0 Å². The summed E-state index contributed by atoms with van der Waals surface area (Å²) in [6.45, 7) is 3.93. The van der Waals surface area contributed by atoms with Crippen LogP contribution in [0.1, 0.15) is 17.0 Å². The molecule has 3 aromatic rings. The van der Waals surface area contributed by atoms with Crippen molar-refractivity contribution >= 4 is 11.0 Å². The molecule has 0 fully saturated rings. The number of hydrogen-bond acceptors (Lipinski definition) is 2. The van der Waals surface area contributed by atoms with Gasteiger partial charge in [-0.1, -0.05) is 36.4 Å². The number of benzene rings is 2. The number of imidazole rings is 1. The van der Waals surface area contributed by atoms with Crippen molar-refractivity contribution in [2.75, 3.05) is 6.54 Å². The predicted octanol–water partition coefficient (Wildman–Crippen LogP) is 3.20. The van der Waals surface area contributed by atoms with E-state index in [2.05, 4.69) is 64.7 Å². The van der Waals surface area contributed by atoms with E-state index in [-0.39, 0.29) is 0 Å². The zero-order valence-corrected chi connectivity index (χ0v) is 11.7. The summed E-state index contributed by atoms with van der Waals surface area (Å²) in [5, 5.41) is 3.45. The first-order valence-corrected chi connectivity index (χ1v) is 7.01. The summed E-state index contributed by atoms with van der Waals surface area (Å²) in [6, 6.07) is 16.8. The first kappa shape index (κ1) is 12.9. The summed E-state index contributed by atoms with van der Waals surface area (Å²) < 4.78 is 0. The fraction of sp³-hybridized carbons (Fsp3) is 0.235. The number of aromatic amines is 1. The van der Waals surface area contributed by atoms with Crippen molar-refractivity contribution in [3.8, 4) is 0 Å². The molecule has 0 saturated heterocycles. The van der Waals surface area contributed by atoms with Crippen LogP contribution in [0.2, 0.25) is 0 Å². The highest BCUT2D eigenvalue weighted by Crippen LogP contribution is 2.13. The van der Waals surface area contributed by atoms with E-state index in [9.17, 15) is 0 Å². The summed E-state index contributed by atoms with van der Waals surface area (Å²) in [5.41, 5.74) is 4.75. The number of fused-ring (bicyclic) bond motifs is 1. The number of nitrogens with one attached hydrogen (secondary N) is 2. The van der Waals surface area contributed by atoms with Crippen molar-refractivity contribution in [1.82, 2.24) is 15.3 Å². The van der Waals surface area contributed by atoms with Gasteiger partial charge < -0.3 is 10.3 Å². The first-order chi connectivity index (χ1) is 9.81. The molecule has 0 aliphatic heterocycles. The van der Waals surface area contributed by atoms with Gasteiger partial charge in [-0.25, -0.2) is 4.98 Å². The minimum Gasteiger partial charge on any atom is -0.342 e. The van der Waals surface area contributed by atoms with E-state index in [1.165, 1.54) is 11.1 Å². The van der Waals surface area contributed by atoms with E-state index in [1.807, 2.05) is 6.07 Å². The third kappa shape index (κ3) is 3.06. The smallest absolute Gasteiger partial charge is 0.108 e. The molecule has 3 heteroatoms. The molecule has 0 radical (unpaired) electrons. The molecule has 1 heterocycles. The van der Waals surface area contributed by atoms with Gasteiger partial charge in [0, 0.05) is 19.5 Å². The Labute approximate surface area is 119 Å². The molecule has 0 atom stereocenters. The highest BCUT2D eigenvalue weighted by atomic mass is 14.9. The Kier molecular flexibility index (Phi) is 3.79. The Bertz CT molecular complexity index is 686. The lowest BCUT2D eigenvalue weighted by atomic mass is 10.2. The maximum Gasteiger partial charge on any atom is 0.108 e. The maximum atomic E-state index is 4.60. The fourth-order valence-electron chi connectivity index (χ4n) is 2.33. The minimum absolute atomic E-state index is 0.903. The molecular weight excluding hydrogens is 246 g/mol. The van der Waals surface area contributed by atoms with Crippen molar-refractivity contribution in [2.45, 2.75) is 19.9 Å². The van der Waals surface area contributed by atoms with Crippen LogP contribution < -0.4 is 5.32 Å². The van der Waals surface area contributed by atoms with Gasteiger partial charge in [-0.2, -0.15) is 0 Å². The molecule has 0 aliphatic carbocycles. The number of H-pyrrole nitrogens is 1. The van der Waals surface area contributed by atoms with Crippen molar-refractivity contribution in [3.05, 3.63) is 65.5 Å². The largest absolute Gasteiger partial charge is 0.342 e. The monoisotopic (exact) mass is 265 g/mol. The summed E-state index contributed by atoms with van der Waals surface area (Å²) in [7, 11) is 0. The molecule has 20 heavy (non-hydrogen) atoms. The molecule has 0 spiro atoms. The van der Waals surface area contributed by atoms with Crippen LogP contribution in [0.3, 0.4) is 0 Å². The van der Waals surface area contributed by atoms with Crippen LogP contribution in [-0.2, 0) is 13.0 Å². The van der Waals surface area contributed by atoms with Gasteiger partial charge in [0.1, 0.15) is 5.82 Å². The van der Waals surface area contributed by atoms with E-state index in [0.29, 0.717) is 0 Å². The number of aryl methyl sites for hydroxylation is 1. The lowest BCUT2D eigenvalue weighted by Crippen LogP contribution is -2.17. The molecule has 0 aliphatic rings. The number of rotatable bonds is 5. The van der Waals surface area contributed by atoms with E-state index in [1.54, 1.807) is 0 Å². The van der Waals surface area contributed by atoms with Gasteiger partial charge in [0.15, 0.2) is 0 Å². The molecule has 2 N–H and O–H groups in total. The molecule has 2 aromatic carbocycles. The molecule has 0 saturated carbocycles. The van der Waals surface area contributed by atoms with Gasteiger partial charge in [-0.05, 0) is 30.2 Å². The quantitative estimate of drug-likeness (QED) is 0.695. The van der Waals surface area contributed by atoms with Gasteiger partial charge in [0.2, 0.25) is 0 Å². The molecule has 0 bridgehead atoms. The molecule has 102 valence electrons. The summed E-state index contributed by atoms with van der Waals surface area (Å²) in [4.78, 5) is 7.99. The predicted molar refractivity (Wildman–Crippen MR) is 82.7 cm³/mol. The highest BCUT2D eigenvalue weighted by Gasteiger charge is 2.02. The molecule has 3 rings (SSSR count). The van der Waals surface area contributed by atoms with E-state index >= 15 is 0 Å². The lowest BCUT2D eigenvalue weighted by molar-refractivity contribution is 0.675. The van der Waals surface area contributed by atoms with Crippen molar-refractivity contribution in [3.63, 3.8) is 0 Å². The van der Waals surface area contributed by atoms with Crippen molar-refractivity contribution in [1.29, 1.82) is 0 Å². The third-order valence-corrected chi connectivity index (χ3v) is 3.40. The average molecular weight is 265 g/mol. The third-order valence-electron chi connectivity index (χ3n) is 3.40. The second kappa shape index (κ2) is 5.88. The standard InChI is InChI=1S/C17H19N3/c1-13-7-8-15-16(11-13)20-17(19-15)9-10-18-12-14-5-3-2-4-6-14/h2-8,11,18H,9-10,12H2,1H3,(H,19,20). The molecule has 1 aromatic heterocycles. The van der Waals surface area contributed by atoms with Gasteiger partial charge in [0.05, 0.1) is 11.0 Å². The van der Waals surface area contributed by atoms with Gasteiger partial charge in [-0.15, -0.1) is 0 Å². The Balaban J connectivity index is 1.55. The molecule has 0 unspecified atom stereocenters. The fourth-order valence-corrected chi connectivity index (χ4v) is 2.33. The Morgan fingerprint density at radius 1 is 1.10 bits per heavy atom. The normalized spacial score (nSPS) is 11.1. The number of hydrogen-bond donors (Lipinski definition) is 2. The lowest BCUT2D eigenvalue weighted by Gasteiger charge is -2.03. The first-order valence-electron chi connectivity index (χ1n) is 7.01. The SMILES string of the molecule is Cc1ccc2nc(CCNCc3ccccc3)[nH]c2c1. The minimum atomic E-state index is 0.903. The topological polar surface area (TPSA) is 40.7 Å². The van der Waals surface area contributed by atoms with E-state index in [4.69, 9.17) is 0 Å². The van der Waals surface area contributed by atoms with Crippen molar-refractivity contribution in [2.24, 2.45) is 0 Å². The zero-order chi connectivity index (χ0) is 13.8. The van der Waals surface area contributed by atoms with Crippen LogP contribution in [0.15, 0.2) is 48.5 Å². The molecule has 0 amide bonds. The van der Waals surface area contributed by atoms with Crippen molar-refractivity contribution < 1.29 is 0 Å². The van der Waals surface area contributed by atoms with Gasteiger partial charge >= 0.3 is 0 Å². The second-order valence-electron chi connectivity index (χ2n) is 5.12. The van der Waals surface area contributed by atoms with E-state index < -0.39 is 0 Å². The molecule has 3 nitrogen and oxygen atoms in total. The van der Waals surface area contributed by atoms with Gasteiger partial charge in [0.25, 0.3) is 0 Å². The maximum absolute atomic E-state index is 4.60. The van der Waals surface area contributed by atoms with Crippen LogP contribution >= 0.6 is 0 Å². The summed E-state index contributed by atoms with van der Waals surface area (Å²) in [5.74, 6) is 1.05. The number of aromatic nitrogens is 2. The van der Waals surface area contributed by atoms with Crippen LogP contribution in [0, 0.1) is 6.92 Å². The average Bonchev–Trinajstić information content (AvgIpc) is 2.86. The Morgan fingerprint density at radius 3 is 2.80 bits per heavy atom. The van der Waals surface area contributed by atoms with E-state index in [0.717, 1.165) is 36.4 Å². The summed E-state index contributed by atoms with van der Waals surface area (Å²) >= 11 is 0. The zero-order valence-electron chi connectivity index (χ0n) is 11.7. The highest BCUT2D eigenvalue weighted by molar-refractivity contribution is 5.75. The Hall–Kier alpha value is -2.13. The van der Waals surface area contributed by atoms with Crippen LogP contribution in [0.25, 0.3) is 11.0 Å². The summed E-state index contributed by atoms with van der Waals surface area (Å²) in [6.07, 6.45) is 0.917. The van der Waals surface area contributed by atoms with Crippen LogP contribution in [-0.4, -0.2) is 16.5 Å².